The van der Waals surface area contributed by atoms with Crippen molar-refractivity contribution in [1.29, 1.82) is 0 Å². The number of aliphatic imine (C=N–C) groups is 1. The smallest absolute Gasteiger partial charge is 0.340 e. The molecular formula is C28H29F6N5O4. The molecule has 5 aliphatic rings. The average Bonchev–Trinajstić information content (AvgIpc) is 3.24. The summed E-state index contributed by atoms with van der Waals surface area (Å²) >= 11 is 0. The standard InChI is InChI=1S/C28H29F6N5O4/c1-13-16(17-8-20(31)19(30)4-3-18(17)29)9-21(24(41)39(13)12-28(32,33)34)36-23(40)14-5-6-35-22-11-27(10-15(22)7-14)25(42)37-26(43)38(27)2/h3-4,6-7,13,15-16,21-22H,5,8-12H2,1-2H3,(H,36,40)(H,37,42,43). The lowest BCUT2D eigenvalue weighted by Gasteiger charge is -2.44. The van der Waals surface area contributed by atoms with Gasteiger partial charge in [0.15, 0.2) is 5.83 Å². The molecule has 5 amide bonds. The van der Waals surface area contributed by atoms with Crippen LogP contribution in [0.3, 0.4) is 0 Å². The molecule has 2 N–H and O–H groups in total. The van der Waals surface area contributed by atoms with Crippen molar-refractivity contribution >= 4 is 30.0 Å². The fourth-order valence-electron chi connectivity index (χ4n) is 6.70. The molecule has 1 saturated carbocycles. The maximum atomic E-state index is 15.0. The van der Waals surface area contributed by atoms with E-state index in [-0.39, 0.29) is 36.8 Å². The van der Waals surface area contributed by atoms with Crippen molar-refractivity contribution in [3.63, 3.8) is 0 Å². The van der Waals surface area contributed by atoms with E-state index in [1.165, 1.54) is 25.1 Å². The number of hydrogen-bond donors (Lipinski definition) is 2. The Balaban J connectivity index is 1.40. The van der Waals surface area contributed by atoms with Crippen molar-refractivity contribution in [3.8, 4) is 0 Å². The van der Waals surface area contributed by atoms with Gasteiger partial charge in [-0.1, -0.05) is 6.08 Å². The van der Waals surface area contributed by atoms with Gasteiger partial charge < -0.3 is 15.1 Å². The summed E-state index contributed by atoms with van der Waals surface area (Å²) in [4.78, 5) is 57.7. The quantitative estimate of drug-likeness (QED) is 0.372. The van der Waals surface area contributed by atoms with E-state index in [2.05, 4.69) is 15.6 Å². The van der Waals surface area contributed by atoms with Crippen LogP contribution in [0.1, 0.15) is 39.0 Å². The van der Waals surface area contributed by atoms with E-state index in [0.717, 1.165) is 0 Å². The molecule has 232 valence electrons. The Kier molecular flexibility index (Phi) is 7.80. The molecule has 43 heavy (non-hydrogen) atoms. The molecule has 9 nitrogen and oxygen atoms in total. The summed E-state index contributed by atoms with van der Waals surface area (Å²) < 4.78 is 83.6. The monoisotopic (exact) mass is 613 g/mol. The van der Waals surface area contributed by atoms with E-state index in [9.17, 15) is 45.5 Å². The third kappa shape index (κ3) is 5.60. The number of hydrogen-bond acceptors (Lipinski definition) is 5. The van der Waals surface area contributed by atoms with Crippen molar-refractivity contribution in [1.82, 2.24) is 20.4 Å². The summed E-state index contributed by atoms with van der Waals surface area (Å²) in [6, 6.07) is -3.75. The number of halogens is 6. The van der Waals surface area contributed by atoms with Gasteiger partial charge in [-0.2, -0.15) is 13.2 Å². The number of likely N-dealkylation sites (tertiary alicyclic amines) is 1. The highest BCUT2D eigenvalue weighted by Crippen LogP contribution is 2.45. The number of nitrogens with one attached hydrogen (secondary N) is 2. The topological polar surface area (TPSA) is 111 Å². The highest BCUT2D eigenvalue weighted by atomic mass is 19.4. The van der Waals surface area contributed by atoms with Crippen molar-refractivity contribution in [2.24, 2.45) is 16.8 Å². The van der Waals surface area contributed by atoms with Gasteiger partial charge in [-0.3, -0.25) is 24.7 Å². The molecule has 3 aliphatic heterocycles. The molecule has 0 radical (unpaired) electrons. The van der Waals surface area contributed by atoms with Gasteiger partial charge in [-0.25, -0.2) is 18.0 Å². The van der Waals surface area contributed by atoms with Crippen molar-refractivity contribution in [2.75, 3.05) is 13.6 Å². The first kappa shape index (κ1) is 30.5. The Morgan fingerprint density at radius 1 is 1.14 bits per heavy atom. The van der Waals surface area contributed by atoms with Crippen LogP contribution in [0.2, 0.25) is 0 Å². The number of amides is 5. The molecule has 0 aromatic heterocycles. The zero-order valence-corrected chi connectivity index (χ0v) is 23.2. The number of alkyl halides is 3. The molecule has 6 atom stereocenters. The summed E-state index contributed by atoms with van der Waals surface area (Å²) in [5.41, 5.74) is -1.32. The molecule has 2 aliphatic carbocycles. The van der Waals surface area contributed by atoms with Crippen molar-refractivity contribution in [3.05, 3.63) is 46.9 Å². The Labute approximate surface area is 242 Å². The van der Waals surface area contributed by atoms with Gasteiger partial charge in [0.2, 0.25) is 11.8 Å². The molecule has 0 aromatic carbocycles. The first-order valence-electron chi connectivity index (χ1n) is 13.7. The zero-order valence-electron chi connectivity index (χ0n) is 23.2. The lowest BCUT2D eigenvalue weighted by atomic mass is 9.79. The average molecular weight is 614 g/mol. The van der Waals surface area contributed by atoms with E-state index in [1.807, 2.05) is 0 Å². The van der Waals surface area contributed by atoms with E-state index >= 15 is 0 Å². The van der Waals surface area contributed by atoms with Crippen molar-refractivity contribution < 1.29 is 45.5 Å². The fourth-order valence-corrected chi connectivity index (χ4v) is 6.70. The van der Waals surface area contributed by atoms with Gasteiger partial charge in [0.25, 0.3) is 5.91 Å². The van der Waals surface area contributed by atoms with Crippen LogP contribution >= 0.6 is 0 Å². The number of allylic oxidation sites excluding steroid dienone is 5. The predicted molar refractivity (Wildman–Crippen MR) is 140 cm³/mol. The number of urea groups is 1. The van der Waals surface area contributed by atoms with E-state index in [1.54, 1.807) is 6.08 Å². The number of nitrogens with zero attached hydrogens (tertiary/aromatic N) is 3. The van der Waals surface area contributed by atoms with Gasteiger partial charge in [-0.05, 0) is 37.5 Å². The molecule has 6 unspecified atom stereocenters. The van der Waals surface area contributed by atoms with Crippen LogP contribution in [-0.2, 0) is 14.4 Å². The van der Waals surface area contributed by atoms with Crippen molar-refractivity contribution in [2.45, 2.75) is 68.9 Å². The second-order valence-electron chi connectivity index (χ2n) is 11.5. The normalized spacial score (nSPS) is 33.2. The van der Waals surface area contributed by atoms with Crippen LogP contribution in [0.15, 0.2) is 51.8 Å². The lowest BCUT2D eigenvalue weighted by Crippen LogP contribution is -2.60. The van der Waals surface area contributed by atoms with Crippen LogP contribution in [0.5, 0.6) is 0 Å². The predicted octanol–water partition coefficient (Wildman–Crippen LogP) is 3.70. The number of carbonyl (C=O) groups excluding carboxylic acids is 4. The number of fused-ring (bicyclic) bond motifs is 1. The largest absolute Gasteiger partial charge is 0.406 e. The molecular weight excluding hydrogens is 584 g/mol. The highest BCUT2D eigenvalue weighted by Gasteiger charge is 2.58. The molecule has 0 aromatic rings. The fraction of sp³-hybridized carbons (Fsp3) is 0.536. The Hall–Kier alpha value is -3.91. The summed E-state index contributed by atoms with van der Waals surface area (Å²) in [6.45, 7) is -0.427. The highest BCUT2D eigenvalue weighted by molar-refractivity contribution is 6.07. The minimum Gasteiger partial charge on any atom is -0.340 e. The second-order valence-corrected chi connectivity index (χ2v) is 11.5. The van der Waals surface area contributed by atoms with Crippen LogP contribution in [0.4, 0.5) is 31.1 Å². The molecule has 2 saturated heterocycles. The van der Waals surface area contributed by atoms with Gasteiger partial charge in [0.1, 0.15) is 29.8 Å². The van der Waals surface area contributed by atoms with Gasteiger partial charge in [0, 0.05) is 56.0 Å². The lowest BCUT2D eigenvalue weighted by molar-refractivity contribution is -0.172. The Bertz CT molecular complexity index is 1420. The first-order valence-corrected chi connectivity index (χ1v) is 13.7. The molecule has 15 heteroatoms. The summed E-state index contributed by atoms with van der Waals surface area (Å²) in [5, 5.41) is 4.75. The summed E-state index contributed by atoms with van der Waals surface area (Å²) in [6.07, 6.45) is -1.28. The maximum Gasteiger partial charge on any atom is 0.406 e. The summed E-state index contributed by atoms with van der Waals surface area (Å²) in [7, 11) is 1.49. The van der Waals surface area contributed by atoms with E-state index in [4.69, 9.17) is 0 Å². The maximum absolute atomic E-state index is 15.0. The second kappa shape index (κ2) is 11.0. The number of likely N-dealkylation sites (N-methyl/N-ethyl adjacent to an activating group) is 1. The van der Waals surface area contributed by atoms with E-state index < -0.39 is 95.9 Å². The molecule has 3 fully saturated rings. The number of piperidine rings is 1. The Morgan fingerprint density at radius 2 is 1.84 bits per heavy atom. The van der Waals surface area contributed by atoms with E-state index in [0.29, 0.717) is 17.1 Å². The van der Waals surface area contributed by atoms with Crippen LogP contribution in [0.25, 0.3) is 0 Å². The summed E-state index contributed by atoms with van der Waals surface area (Å²) in [5.74, 6) is -7.57. The van der Waals surface area contributed by atoms with Gasteiger partial charge in [-0.15, -0.1) is 0 Å². The Morgan fingerprint density at radius 3 is 2.49 bits per heavy atom. The molecule has 3 heterocycles. The number of imide groups is 1. The third-order valence-electron chi connectivity index (χ3n) is 9.05. The molecule has 0 bridgehead atoms. The minimum atomic E-state index is -4.83. The van der Waals surface area contributed by atoms with Crippen LogP contribution in [-0.4, -0.2) is 83.2 Å². The first-order chi connectivity index (χ1) is 20.1. The zero-order chi connectivity index (χ0) is 31.4. The molecule has 1 spiro atoms. The van der Waals surface area contributed by atoms with Crippen LogP contribution in [0, 0.1) is 11.8 Å². The van der Waals surface area contributed by atoms with Gasteiger partial charge in [0.05, 0.1) is 6.04 Å². The third-order valence-corrected chi connectivity index (χ3v) is 9.05. The molecule has 5 rings (SSSR count). The minimum absolute atomic E-state index is 0.0274. The van der Waals surface area contributed by atoms with Crippen LogP contribution < -0.4 is 10.6 Å². The number of carbonyl (C=O) groups is 4. The SMILES string of the molecule is CC1C(C2=C(F)C=CC(F)=C(F)C2)CC(NC(=O)C2=CC3CC4(CC3N=CC2)C(=O)NC(=O)N4C)C(=O)N1CC(F)(F)F. The van der Waals surface area contributed by atoms with Gasteiger partial charge >= 0.3 is 12.2 Å². The number of rotatable bonds is 4.